The summed E-state index contributed by atoms with van der Waals surface area (Å²) in [5.74, 6) is 0.299. The maximum Gasteiger partial charge on any atom is 0.0575 e. The van der Waals surface area contributed by atoms with E-state index in [2.05, 4.69) is 0 Å². The molecule has 0 radical (unpaired) electrons. The van der Waals surface area contributed by atoms with Crippen molar-refractivity contribution >= 4 is 39.7 Å². The second-order valence-electron chi connectivity index (χ2n) is 3.75. The van der Waals surface area contributed by atoms with E-state index in [1.807, 2.05) is 0 Å². The van der Waals surface area contributed by atoms with Gasteiger partial charge < -0.3 is 5.73 Å². The topological polar surface area (TPSA) is 43.1 Å². The monoisotopic (exact) mass is 299 g/mol. The lowest BCUT2D eigenvalue weighted by molar-refractivity contribution is 0.682. The summed E-state index contributed by atoms with van der Waals surface area (Å²) in [6.45, 7) is 0. The first-order valence-electron chi connectivity index (χ1n) is 5.25. The van der Waals surface area contributed by atoms with Crippen LogP contribution >= 0.6 is 23.2 Å². The molecular formula is C13H11Cl2NOS. The molecule has 0 aliphatic heterocycles. The molecule has 0 bridgehead atoms. The van der Waals surface area contributed by atoms with Crippen LogP contribution in [0.5, 0.6) is 0 Å². The molecule has 0 spiro atoms. The number of nitrogens with two attached hydrogens (primary N) is 1. The summed E-state index contributed by atoms with van der Waals surface area (Å²) in [5.41, 5.74) is 7.11. The first kappa shape index (κ1) is 13.4. The fraction of sp³-hybridized carbons (Fsp3) is 0.0769. The zero-order chi connectivity index (χ0) is 13.1. The van der Waals surface area contributed by atoms with Crippen LogP contribution in [0.15, 0.2) is 47.4 Å². The number of anilines is 1. The molecule has 2 rings (SSSR count). The molecule has 5 heteroatoms. The minimum Gasteiger partial charge on any atom is -0.398 e. The summed E-state index contributed by atoms with van der Waals surface area (Å²) in [6.07, 6.45) is 0. The third-order valence-electron chi connectivity index (χ3n) is 2.51. The van der Waals surface area contributed by atoms with Crippen LogP contribution in [0.1, 0.15) is 5.56 Å². The Morgan fingerprint density at radius 2 is 1.72 bits per heavy atom. The molecule has 0 amide bonds. The normalized spacial score (nSPS) is 12.3. The number of halogens is 2. The molecule has 0 aliphatic carbocycles. The Morgan fingerprint density at radius 3 is 2.33 bits per heavy atom. The highest BCUT2D eigenvalue weighted by Gasteiger charge is 2.10. The van der Waals surface area contributed by atoms with E-state index in [4.69, 9.17) is 28.9 Å². The van der Waals surface area contributed by atoms with E-state index in [9.17, 15) is 4.21 Å². The van der Waals surface area contributed by atoms with Crippen molar-refractivity contribution in [1.29, 1.82) is 0 Å². The fourth-order valence-corrected chi connectivity index (χ4v) is 3.17. The summed E-state index contributed by atoms with van der Waals surface area (Å²) in [7, 11) is -1.19. The Kier molecular flexibility index (Phi) is 4.27. The predicted octanol–water partition coefficient (Wildman–Crippen LogP) is 3.88. The molecule has 2 nitrogen and oxygen atoms in total. The Hall–Kier alpha value is -1.03. The first-order chi connectivity index (χ1) is 8.58. The van der Waals surface area contributed by atoms with Crippen LogP contribution in [0.3, 0.4) is 0 Å². The maximum absolute atomic E-state index is 12.2. The van der Waals surface area contributed by atoms with Gasteiger partial charge in [-0.05, 0) is 36.4 Å². The largest absolute Gasteiger partial charge is 0.398 e. The molecule has 0 saturated carbocycles. The number of hydrogen-bond donors (Lipinski definition) is 1. The van der Waals surface area contributed by atoms with E-state index < -0.39 is 10.8 Å². The van der Waals surface area contributed by atoms with E-state index in [-0.39, 0.29) is 0 Å². The van der Waals surface area contributed by atoms with Crippen LogP contribution in [0.2, 0.25) is 10.0 Å². The van der Waals surface area contributed by atoms with Crippen LogP contribution in [-0.4, -0.2) is 4.21 Å². The van der Waals surface area contributed by atoms with Gasteiger partial charge in [0.05, 0.1) is 16.6 Å². The SMILES string of the molecule is Nc1cccc(Cl)c1CS(=O)c1ccc(Cl)cc1. The van der Waals surface area contributed by atoms with Crippen LogP contribution in [0, 0.1) is 0 Å². The number of hydrogen-bond acceptors (Lipinski definition) is 2. The molecule has 2 aromatic rings. The van der Waals surface area contributed by atoms with Crippen LogP contribution < -0.4 is 5.73 Å². The van der Waals surface area contributed by atoms with Crippen LogP contribution in [0.25, 0.3) is 0 Å². The van der Waals surface area contributed by atoms with Gasteiger partial charge in [0, 0.05) is 26.2 Å². The number of rotatable bonds is 3. The van der Waals surface area contributed by atoms with Crippen molar-refractivity contribution in [2.24, 2.45) is 0 Å². The molecule has 2 aromatic carbocycles. The quantitative estimate of drug-likeness (QED) is 0.874. The second-order valence-corrected chi connectivity index (χ2v) is 6.05. The molecule has 1 atom stereocenters. The van der Waals surface area contributed by atoms with Gasteiger partial charge in [-0.3, -0.25) is 4.21 Å². The van der Waals surface area contributed by atoms with Gasteiger partial charge in [-0.1, -0.05) is 29.3 Å². The van der Waals surface area contributed by atoms with E-state index >= 15 is 0 Å². The number of benzene rings is 2. The molecule has 18 heavy (non-hydrogen) atoms. The maximum atomic E-state index is 12.2. The van der Waals surface area contributed by atoms with Crippen molar-refractivity contribution in [3.63, 3.8) is 0 Å². The number of nitrogen functional groups attached to an aromatic ring is 1. The van der Waals surface area contributed by atoms with Crippen molar-refractivity contribution in [2.45, 2.75) is 10.6 Å². The Balaban J connectivity index is 2.24. The molecule has 0 fully saturated rings. The minimum absolute atomic E-state index is 0.299. The Labute approximate surface area is 118 Å². The van der Waals surface area contributed by atoms with Gasteiger partial charge in [-0.15, -0.1) is 0 Å². The third kappa shape index (κ3) is 3.05. The standard InChI is InChI=1S/C13H11Cl2NOS/c14-9-4-6-10(7-5-9)18(17)8-11-12(15)2-1-3-13(11)16/h1-7H,8,16H2. The zero-order valence-corrected chi connectivity index (χ0v) is 11.7. The highest BCUT2D eigenvalue weighted by molar-refractivity contribution is 7.84. The van der Waals surface area contributed by atoms with Crippen molar-refractivity contribution in [3.05, 3.63) is 58.1 Å². The molecule has 2 N–H and O–H groups in total. The van der Waals surface area contributed by atoms with Crippen LogP contribution in [0.4, 0.5) is 5.69 Å². The van der Waals surface area contributed by atoms with Gasteiger partial charge >= 0.3 is 0 Å². The van der Waals surface area contributed by atoms with Gasteiger partial charge in [0.15, 0.2) is 0 Å². The Morgan fingerprint density at radius 1 is 1.06 bits per heavy atom. The van der Waals surface area contributed by atoms with E-state index in [1.165, 1.54) is 0 Å². The highest BCUT2D eigenvalue weighted by atomic mass is 35.5. The molecule has 0 heterocycles. The Bertz CT molecular complexity index is 564. The molecule has 94 valence electrons. The van der Waals surface area contributed by atoms with Crippen molar-refractivity contribution in [1.82, 2.24) is 0 Å². The van der Waals surface area contributed by atoms with Gasteiger partial charge in [0.25, 0.3) is 0 Å². The molecular weight excluding hydrogens is 289 g/mol. The smallest absolute Gasteiger partial charge is 0.0575 e. The summed E-state index contributed by atoms with van der Waals surface area (Å²) in [4.78, 5) is 0.707. The lowest BCUT2D eigenvalue weighted by Crippen LogP contribution is -2.01. The average Bonchev–Trinajstić information content (AvgIpc) is 2.34. The molecule has 0 aliphatic rings. The van der Waals surface area contributed by atoms with E-state index in [0.29, 0.717) is 31.9 Å². The van der Waals surface area contributed by atoms with Crippen LogP contribution in [-0.2, 0) is 16.6 Å². The van der Waals surface area contributed by atoms with Gasteiger partial charge in [0.2, 0.25) is 0 Å². The lowest BCUT2D eigenvalue weighted by atomic mass is 10.2. The molecule has 0 aromatic heterocycles. The second kappa shape index (κ2) is 5.74. The average molecular weight is 300 g/mol. The third-order valence-corrected chi connectivity index (χ3v) is 4.46. The summed E-state index contributed by atoms with van der Waals surface area (Å²) in [5, 5.41) is 1.16. The zero-order valence-electron chi connectivity index (χ0n) is 9.40. The molecule has 1 unspecified atom stereocenters. The van der Waals surface area contributed by atoms with Gasteiger partial charge in [-0.2, -0.15) is 0 Å². The van der Waals surface area contributed by atoms with Crippen molar-refractivity contribution in [2.75, 3.05) is 5.73 Å². The van der Waals surface area contributed by atoms with Gasteiger partial charge in [0.1, 0.15) is 0 Å². The predicted molar refractivity (Wildman–Crippen MR) is 77.4 cm³/mol. The van der Waals surface area contributed by atoms with E-state index in [0.717, 1.165) is 0 Å². The summed E-state index contributed by atoms with van der Waals surface area (Å²) < 4.78 is 12.2. The first-order valence-corrected chi connectivity index (χ1v) is 7.32. The highest BCUT2D eigenvalue weighted by Crippen LogP contribution is 2.25. The summed E-state index contributed by atoms with van der Waals surface area (Å²) >= 11 is 11.8. The van der Waals surface area contributed by atoms with Crippen molar-refractivity contribution in [3.8, 4) is 0 Å². The minimum atomic E-state index is -1.19. The van der Waals surface area contributed by atoms with Crippen molar-refractivity contribution < 1.29 is 4.21 Å². The van der Waals surface area contributed by atoms with E-state index in [1.54, 1.807) is 42.5 Å². The fourth-order valence-electron chi connectivity index (χ4n) is 1.53. The summed E-state index contributed by atoms with van der Waals surface area (Å²) in [6, 6.07) is 12.2. The lowest BCUT2D eigenvalue weighted by Gasteiger charge is -2.08. The molecule has 0 saturated heterocycles. The van der Waals surface area contributed by atoms with Gasteiger partial charge in [-0.25, -0.2) is 0 Å².